The summed E-state index contributed by atoms with van der Waals surface area (Å²) in [5.74, 6) is -3.52. The highest BCUT2D eigenvalue weighted by atomic mass is 16.6. The van der Waals surface area contributed by atoms with E-state index in [0.717, 1.165) is 24.3 Å². The second-order valence-corrected chi connectivity index (χ2v) is 8.82. The predicted molar refractivity (Wildman–Crippen MR) is 172 cm³/mol. The fourth-order valence-electron chi connectivity index (χ4n) is 1.93. The average Bonchev–Trinajstić information content (AvgIpc) is 3.09. The minimum absolute atomic E-state index is 0.0451. The maximum absolute atomic E-state index is 11.1. The van der Waals surface area contributed by atoms with Gasteiger partial charge in [-0.2, -0.15) is 0 Å². The standard InChI is InChI=1S/C14H18O7.C7H12O3.C6H10O3.C5H8O3/c1-4-11(16)19-8-14(7-15,9-20-12(17)5-2)10-21-13(18)6-3;1-6(2)7(9)10-5-3-4-8;1-5(2)6(8)9-4-3-7;1-2-5(7)8-4-3-6/h4-6,15H,1-3,7-10H2;8H,1,3-5H2,2H3;7H,1,3-4H2,2H3;2,6H,1,3-4H2. The van der Waals surface area contributed by atoms with Crippen molar-refractivity contribution in [3.05, 3.63) is 74.9 Å². The summed E-state index contributed by atoms with van der Waals surface area (Å²) in [6.45, 7) is 21.3. The monoisotopic (exact) mass is 688 g/mol. The molecular weight excluding hydrogens is 640 g/mol. The molecule has 0 fully saturated rings. The van der Waals surface area contributed by atoms with Crippen molar-refractivity contribution in [2.45, 2.75) is 20.3 Å². The number of carbonyl (C=O) groups is 6. The van der Waals surface area contributed by atoms with Crippen molar-refractivity contribution in [2.24, 2.45) is 5.41 Å². The van der Waals surface area contributed by atoms with E-state index in [-0.39, 0.29) is 59.5 Å². The van der Waals surface area contributed by atoms with Gasteiger partial charge >= 0.3 is 35.8 Å². The van der Waals surface area contributed by atoms with Crippen molar-refractivity contribution < 1.29 is 77.6 Å². The first-order chi connectivity index (χ1) is 22.6. The molecule has 0 spiro atoms. The van der Waals surface area contributed by atoms with Gasteiger partial charge in [0.05, 0.1) is 31.8 Å². The van der Waals surface area contributed by atoms with Crippen LogP contribution in [0.1, 0.15) is 20.3 Å². The lowest BCUT2D eigenvalue weighted by atomic mass is 9.92. The summed E-state index contributed by atoms with van der Waals surface area (Å²) in [5.41, 5.74) is -0.544. The minimum atomic E-state index is -1.28. The van der Waals surface area contributed by atoms with E-state index < -0.39 is 47.8 Å². The van der Waals surface area contributed by atoms with Crippen LogP contribution >= 0.6 is 0 Å². The molecule has 4 N–H and O–H groups in total. The van der Waals surface area contributed by atoms with Crippen molar-refractivity contribution in [3.8, 4) is 0 Å². The topological polar surface area (TPSA) is 239 Å². The molecule has 0 aromatic heterocycles. The highest BCUT2D eigenvalue weighted by Gasteiger charge is 2.35. The van der Waals surface area contributed by atoms with E-state index in [9.17, 15) is 33.9 Å². The molecule has 16 nitrogen and oxygen atoms in total. The van der Waals surface area contributed by atoms with Gasteiger partial charge in [0, 0.05) is 48.5 Å². The Morgan fingerprint density at radius 1 is 0.521 bits per heavy atom. The number of hydrogen-bond donors (Lipinski definition) is 4. The van der Waals surface area contributed by atoms with E-state index in [1.165, 1.54) is 0 Å². The van der Waals surface area contributed by atoms with E-state index in [4.69, 9.17) is 29.5 Å². The number of aliphatic hydroxyl groups is 4. The third kappa shape index (κ3) is 32.5. The van der Waals surface area contributed by atoms with Crippen molar-refractivity contribution >= 4 is 35.8 Å². The van der Waals surface area contributed by atoms with Crippen molar-refractivity contribution in [2.75, 3.05) is 66.1 Å². The highest BCUT2D eigenvalue weighted by Crippen LogP contribution is 2.19. The molecule has 0 bridgehead atoms. The van der Waals surface area contributed by atoms with Crippen LogP contribution in [0.5, 0.6) is 0 Å². The van der Waals surface area contributed by atoms with Crippen LogP contribution in [-0.4, -0.2) is 122 Å². The average molecular weight is 689 g/mol. The predicted octanol–water partition coefficient (Wildman–Crippen LogP) is 0.447. The van der Waals surface area contributed by atoms with Crippen LogP contribution < -0.4 is 0 Å². The molecule has 0 aliphatic carbocycles. The Bertz CT molecular complexity index is 1000. The van der Waals surface area contributed by atoms with E-state index in [1.807, 2.05) is 0 Å². The quantitative estimate of drug-likeness (QED) is 0.0587. The zero-order chi connectivity index (χ0) is 38.0. The molecular formula is C32H48O16. The summed E-state index contributed by atoms with van der Waals surface area (Å²) >= 11 is 0. The number of rotatable bonds is 20. The lowest BCUT2D eigenvalue weighted by Gasteiger charge is -2.29. The minimum Gasteiger partial charge on any atom is -0.462 e. The van der Waals surface area contributed by atoms with Gasteiger partial charge in [0.15, 0.2) is 0 Å². The molecule has 0 aromatic carbocycles. The Kier molecular flexibility index (Phi) is 34.8. The first-order valence-corrected chi connectivity index (χ1v) is 13.9. The fourth-order valence-corrected chi connectivity index (χ4v) is 1.93. The molecule has 0 radical (unpaired) electrons. The maximum Gasteiger partial charge on any atom is 0.333 e. The van der Waals surface area contributed by atoms with Crippen molar-refractivity contribution in [1.29, 1.82) is 0 Å². The van der Waals surface area contributed by atoms with Crippen molar-refractivity contribution in [3.63, 3.8) is 0 Å². The number of carbonyl (C=O) groups excluding carboxylic acids is 6. The van der Waals surface area contributed by atoms with E-state index in [1.54, 1.807) is 13.8 Å². The van der Waals surface area contributed by atoms with Gasteiger partial charge in [0.2, 0.25) is 0 Å². The van der Waals surface area contributed by atoms with Gasteiger partial charge in [-0.05, 0) is 13.8 Å². The summed E-state index contributed by atoms with van der Waals surface area (Å²) in [6.07, 6.45) is 4.35. The summed E-state index contributed by atoms with van der Waals surface area (Å²) in [7, 11) is 0. The molecule has 0 atom stereocenters. The molecule has 0 heterocycles. The van der Waals surface area contributed by atoms with Crippen LogP contribution in [0.4, 0.5) is 0 Å². The summed E-state index contributed by atoms with van der Waals surface area (Å²) < 4.78 is 27.9. The van der Waals surface area contributed by atoms with Gasteiger partial charge < -0.3 is 48.8 Å². The maximum atomic E-state index is 11.1. The third-order valence-corrected chi connectivity index (χ3v) is 4.46. The van der Waals surface area contributed by atoms with Gasteiger partial charge in [0.25, 0.3) is 0 Å². The van der Waals surface area contributed by atoms with Crippen LogP contribution in [-0.2, 0) is 57.2 Å². The first-order valence-electron chi connectivity index (χ1n) is 13.9. The van der Waals surface area contributed by atoms with Gasteiger partial charge in [-0.3, -0.25) is 0 Å². The molecule has 0 amide bonds. The molecule has 0 saturated carbocycles. The second kappa shape index (κ2) is 33.5. The number of esters is 6. The number of ether oxygens (including phenoxy) is 6. The lowest BCUT2D eigenvalue weighted by Crippen LogP contribution is -2.42. The van der Waals surface area contributed by atoms with E-state index >= 15 is 0 Å². The highest BCUT2D eigenvalue weighted by molar-refractivity contribution is 5.87. The molecule has 0 unspecified atom stereocenters. The Morgan fingerprint density at radius 2 is 0.833 bits per heavy atom. The van der Waals surface area contributed by atoms with Crippen LogP contribution in [0.15, 0.2) is 74.9 Å². The zero-order valence-corrected chi connectivity index (χ0v) is 27.5. The molecule has 48 heavy (non-hydrogen) atoms. The molecule has 0 aromatic rings. The molecule has 0 aliphatic rings. The first kappa shape index (κ1) is 50.0. The normalized spacial score (nSPS) is 9.29. The van der Waals surface area contributed by atoms with E-state index in [2.05, 4.69) is 53.7 Å². The summed E-state index contributed by atoms with van der Waals surface area (Å²) in [5, 5.41) is 34.1. The van der Waals surface area contributed by atoms with Crippen LogP contribution in [0.25, 0.3) is 0 Å². The Hall–Kier alpha value is -4.90. The van der Waals surface area contributed by atoms with Crippen LogP contribution in [0.3, 0.4) is 0 Å². The van der Waals surface area contributed by atoms with Crippen molar-refractivity contribution in [1.82, 2.24) is 0 Å². The Balaban J connectivity index is -0.000000299. The largest absolute Gasteiger partial charge is 0.462 e. The molecule has 0 aliphatic heterocycles. The van der Waals surface area contributed by atoms with Gasteiger partial charge in [-0.25, -0.2) is 28.8 Å². The van der Waals surface area contributed by atoms with Gasteiger partial charge in [0.1, 0.15) is 33.0 Å². The molecule has 0 rings (SSSR count). The van der Waals surface area contributed by atoms with Gasteiger partial charge in [-0.1, -0.05) is 39.5 Å². The third-order valence-electron chi connectivity index (χ3n) is 4.46. The molecule has 0 saturated heterocycles. The zero-order valence-electron chi connectivity index (χ0n) is 27.5. The fraction of sp³-hybridized carbons (Fsp3) is 0.438. The smallest absolute Gasteiger partial charge is 0.333 e. The number of aliphatic hydroxyl groups excluding tert-OH is 4. The summed E-state index contributed by atoms with van der Waals surface area (Å²) in [4.78, 5) is 64.5. The van der Waals surface area contributed by atoms with E-state index in [0.29, 0.717) is 17.6 Å². The van der Waals surface area contributed by atoms with Gasteiger partial charge in [-0.15, -0.1) is 0 Å². The Labute approximate surface area is 280 Å². The van der Waals surface area contributed by atoms with Crippen LogP contribution in [0.2, 0.25) is 0 Å². The molecule has 16 heteroatoms. The second-order valence-electron chi connectivity index (χ2n) is 8.82. The Morgan fingerprint density at radius 3 is 1.10 bits per heavy atom. The number of hydrogen-bond acceptors (Lipinski definition) is 16. The molecule has 272 valence electrons. The SMILES string of the molecule is C=C(C)C(=O)OCCCO.C=C(C)C(=O)OCCO.C=CC(=O)OCC(CO)(COC(=O)C=C)COC(=O)C=C.C=CC(=O)OCCO. The lowest BCUT2D eigenvalue weighted by molar-refractivity contribution is -0.159. The summed E-state index contributed by atoms with van der Waals surface area (Å²) in [6, 6.07) is 0. The van der Waals surface area contributed by atoms with Crippen LogP contribution in [0, 0.1) is 5.41 Å².